The van der Waals surface area contributed by atoms with Crippen molar-refractivity contribution >= 4 is 69.1 Å². The third-order valence-corrected chi connectivity index (χ3v) is 12.3. The van der Waals surface area contributed by atoms with Gasteiger partial charge in [-0.3, -0.25) is 29.3 Å². The Bertz CT molecular complexity index is 2790. The molecule has 4 aromatic heterocycles. The number of alkyl carbamates (subject to hydrolysis) is 1. The molecule has 4 amide bonds. The molecule has 0 aliphatic carbocycles. The predicted octanol–water partition coefficient (Wildman–Crippen LogP) is 8.25. The van der Waals surface area contributed by atoms with Crippen molar-refractivity contribution in [3.8, 4) is 0 Å². The van der Waals surface area contributed by atoms with Crippen LogP contribution in [0.5, 0.6) is 0 Å². The van der Waals surface area contributed by atoms with Crippen molar-refractivity contribution in [2.75, 3.05) is 26.7 Å². The van der Waals surface area contributed by atoms with Gasteiger partial charge >= 0.3 is 12.1 Å². The van der Waals surface area contributed by atoms with Crippen LogP contribution < -0.4 is 5.32 Å². The van der Waals surface area contributed by atoms with Crippen LogP contribution in [0.1, 0.15) is 138 Å². The molecule has 4 aromatic rings. The number of carbonyl (C=O) groups is 5. The minimum atomic E-state index is -1.08. The standard InChI is InChI=1S/C49H56N8O7/c1-10-31-26(2)35-24-39-32(12-14-41(59)60)27(3)34(53-39)23-36-28(4)33(11-13-40(58)56(9)22-20-51-48(63)64-49(6,7)8)44(54-36)43-45-42(29(5)37(55-45)25-38(31)52-35)46(61)57(47(43)62)21-17-30-15-18-50-19-16-30/h12,14-16,18-19,23-25,28,33,53,55H,10-11,13,17,20-22H2,1-9H3,(H,51,63)(H,59,60)/b14-12+,34-23?,35-24?,36-23?,37-25?,38-25?,39-24?,44-43?/t28-,33-/m0/s1. The van der Waals surface area contributed by atoms with Crippen molar-refractivity contribution in [2.45, 2.75) is 98.5 Å². The second kappa shape index (κ2) is 18.1. The molecule has 0 spiro atoms. The number of H-pyrrole nitrogens is 2. The van der Waals surface area contributed by atoms with Crippen LogP contribution in [-0.4, -0.2) is 102 Å². The molecule has 3 aliphatic rings. The molecule has 7 heterocycles. The number of pyridine rings is 1. The first-order valence-electron chi connectivity index (χ1n) is 21.7. The number of aryl methyl sites for hydroxylation is 2. The summed E-state index contributed by atoms with van der Waals surface area (Å²) in [4.78, 5) is 91.8. The number of aromatic amines is 2. The molecule has 2 atom stereocenters. The number of nitrogens with zero attached hydrogens (tertiary/aromatic N) is 5. The molecular weight excluding hydrogens is 813 g/mol. The van der Waals surface area contributed by atoms with E-state index in [2.05, 4.69) is 27.2 Å². The SMILES string of the molecule is CCC1=C(C)c2cc3[nH]c(cc4nc(c5c6[nH]c(cc1n2)c(C)c6C(=O)N(CCc1ccncc1)C5=O)[C@@H](CCC(=O)N(C)CCNC(=O)OC(C)(C)C)[C@@H]4C)c(C)c3/C=C/C(=O)O. The van der Waals surface area contributed by atoms with Crippen LogP contribution >= 0.6 is 0 Å². The first-order chi connectivity index (χ1) is 30.4. The number of amides is 4. The van der Waals surface area contributed by atoms with E-state index in [1.54, 1.807) is 51.2 Å². The van der Waals surface area contributed by atoms with Gasteiger partial charge in [0.1, 0.15) is 5.60 Å². The number of carbonyl (C=O) groups excluding carboxylic acids is 4. The number of hydrogen-bond donors (Lipinski definition) is 4. The fourth-order valence-corrected chi connectivity index (χ4v) is 8.74. The lowest BCUT2D eigenvalue weighted by Crippen LogP contribution is -2.42. The quantitative estimate of drug-likeness (QED) is 0.0793. The maximum absolute atomic E-state index is 15.1. The molecule has 7 rings (SSSR count). The van der Waals surface area contributed by atoms with Crippen molar-refractivity contribution in [1.82, 2.24) is 40.0 Å². The number of carboxylic acids is 1. The van der Waals surface area contributed by atoms with Crippen molar-refractivity contribution in [1.29, 1.82) is 0 Å². The van der Waals surface area contributed by atoms with Gasteiger partial charge in [-0.15, -0.1) is 0 Å². The molecule has 15 nitrogen and oxygen atoms in total. The van der Waals surface area contributed by atoms with E-state index in [0.29, 0.717) is 80.8 Å². The average molecular weight is 869 g/mol. The van der Waals surface area contributed by atoms with Crippen LogP contribution in [-0.2, 0) is 20.7 Å². The summed E-state index contributed by atoms with van der Waals surface area (Å²) >= 11 is 0. The zero-order valence-electron chi connectivity index (χ0n) is 37.9. The largest absolute Gasteiger partial charge is 0.478 e. The number of nitrogens with one attached hydrogen (secondary N) is 3. The van der Waals surface area contributed by atoms with Crippen LogP contribution in [0.4, 0.5) is 4.79 Å². The van der Waals surface area contributed by atoms with Gasteiger partial charge in [0, 0.05) is 91.2 Å². The highest BCUT2D eigenvalue weighted by Crippen LogP contribution is 2.44. The lowest BCUT2D eigenvalue weighted by atomic mass is 9.84. The van der Waals surface area contributed by atoms with Crippen molar-refractivity contribution in [3.63, 3.8) is 0 Å². The topological polar surface area (TPSA) is 204 Å². The number of allylic oxidation sites excluding steroid dienone is 2. The molecule has 0 saturated carbocycles. The fraction of sp³-hybridized carbons (Fsp3) is 0.388. The van der Waals surface area contributed by atoms with Crippen molar-refractivity contribution in [3.05, 3.63) is 105 Å². The Labute approximate surface area is 372 Å². The predicted molar refractivity (Wildman–Crippen MR) is 245 cm³/mol. The lowest BCUT2D eigenvalue weighted by Gasteiger charge is -2.27. The lowest BCUT2D eigenvalue weighted by molar-refractivity contribution is -0.131. The first-order valence-corrected chi connectivity index (χ1v) is 21.7. The van der Waals surface area contributed by atoms with Crippen LogP contribution in [0.25, 0.3) is 39.3 Å². The van der Waals surface area contributed by atoms with Gasteiger partial charge in [-0.05, 0) is 125 Å². The van der Waals surface area contributed by atoms with Crippen LogP contribution in [0, 0.1) is 13.8 Å². The molecule has 0 fully saturated rings. The number of imide groups is 1. The van der Waals surface area contributed by atoms with Crippen LogP contribution in [0.3, 0.4) is 0 Å². The Morgan fingerprint density at radius 3 is 2.33 bits per heavy atom. The number of hydrogen-bond acceptors (Lipinski definition) is 9. The van der Waals surface area contributed by atoms with E-state index in [1.807, 2.05) is 58.0 Å². The van der Waals surface area contributed by atoms with Gasteiger partial charge in [0.25, 0.3) is 11.8 Å². The Morgan fingerprint density at radius 2 is 1.64 bits per heavy atom. The molecule has 0 radical (unpaired) electrons. The zero-order valence-corrected chi connectivity index (χ0v) is 37.9. The van der Waals surface area contributed by atoms with Gasteiger partial charge < -0.3 is 30.0 Å². The molecule has 3 aliphatic heterocycles. The Hall–Kier alpha value is -6.90. The van der Waals surface area contributed by atoms with E-state index in [-0.39, 0.29) is 43.4 Å². The van der Waals surface area contributed by atoms with E-state index in [9.17, 15) is 24.3 Å². The highest BCUT2D eigenvalue weighted by atomic mass is 16.6. The molecular formula is C49H56N8O7. The number of rotatable bonds is 12. The smallest absolute Gasteiger partial charge is 0.407 e. The summed E-state index contributed by atoms with van der Waals surface area (Å²) < 4.78 is 5.34. The molecule has 0 aromatic carbocycles. The average Bonchev–Trinajstić information content (AvgIpc) is 3.91. The third kappa shape index (κ3) is 9.10. The number of carboxylic acid groups (broad SMARTS) is 1. The number of aliphatic carboxylic acids is 1. The number of fused-ring (bicyclic) bond motifs is 8. The van der Waals surface area contributed by atoms with E-state index in [0.717, 1.165) is 28.3 Å². The minimum Gasteiger partial charge on any atom is -0.478 e. The van der Waals surface area contributed by atoms with Crippen molar-refractivity contribution < 1.29 is 33.8 Å². The molecule has 15 heteroatoms. The third-order valence-electron chi connectivity index (χ3n) is 12.3. The second-order valence-corrected chi connectivity index (χ2v) is 17.7. The highest BCUT2D eigenvalue weighted by Gasteiger charge is 2.41. The molecule has 64 heavy (non-hydrogen) atoms. The molecule has 8 bridgehead atoms. The monoisotopic (exact) mass is 868 g/mol. The van der Waals surface area contributed by atoms with Gasteiger partial charge in [-0.2, -0.15) is 0 Å². The summed E-state index contributed by atoms with van der Waals surface area (Å²) in [7, 11) is 1.68. The van der Waals surface area contributed by atoms with Gasteiger partial charge in [0.05, 0.1) is 33.7 Å². The maximum atomic E-state index is 15.1. The Kier molecular flexibility index (Phi) is 12.7. The molecule has 0 unspecified atom stereocenters. The second-order valence-electron chi connectivity index (χ2n) is 17.7. The molecule has 4 N–H and O–H groups in total. The van der Waals surface area contributed by atoms with E-state index >= 15 is 4.79 Å². The Morgan fingerprint density at radius 1 is 0.953 bits per heavy atom. The van der Waals surface area contributed by atoms with E-state index < -0.39 is 35.4 Å². The summed E-state index contributed by atoms with van der Waals surface area (Å²) in [5.41, 5.74) is 9.93. The fourth-order valence-electron chi connectivity index (χ4n) is 8.74. The zero-order chi connectivity index (χ0) is 46.2. The summed E-state index contributed by atoms with van der Waals surface area (Å²) in [5, 5.41) is 12.3. The van der Waals surface area contributed by atoms with Gasteiger partial charge in [-0.25, -0.2) is 14.6 Å². The highest BCUT2D eigenvalue weighted by molar-refractivity contribution is 6.23. The number of ether oxygens (including phenoxy) is 1. The van der Waals surface area contributed by atoms with Gasteiger partial charge in [0.15, 0.2) is 0 Å². The number of likely N-dealkylation sites (N-methyl/N-ethyl adjacent to an activating group) is 1. The van der Waals surface area contributed by atoms with Crippen molar-refractivity contribution in [2.24, 2.45) is 0 Å². The molecule has 334 valence electrons. The van der Waals surface area contributed by atoms with Crippen LogP contribution in [0.2, 0.25) is 0 Å². The maximum Gasteiger partial charge on any atom is 0.407 e. The normalized spacial score (nSPS) is 16.2. The van der Waals surface area contributed by atoms with Crippen LogP contribution in [0.15, 0.2) is 48.8 Å². The van der Waals surface area contributed by atoms with E-state index in [1.165, 1.54) is 4.90 Å². The summed E-state index contributed by atoms with van der Waals surface area (Å²) in [5.74, 6) is -2.86. The minimum absolute atomic E-state index is 0.112. The summed E-state index contributed by atoms with van der Waals surface area (Å²) in [6, 6.07) is 9.49. The van der Waals surface area contributed by atoms with Gasteiger partial charge in [-0.1, -0.05) is 13.8 Å². The summed E-state index contributed by atoms with van der Waals surface area (Å²) in [6.45, 7) is 15.8. The molecule has 0 saturated heterocycles. The number of aromatic nitrogens is 5. The Balaban J connectivity index is 1.42. The van der Waals surface area contributed by atoms with Gasteiger partial charge in [0.2, 0.25) is 5.91 Å². The summed E-state index contributed by atoms with van der Waals surface area (Å²) in [6.07, 6.45) is 6.99. The first kappa shape index (κ1) is 45.1. The van der Waals surface area contributed by atoms with E-state index in [4.69, 9.17) is 14.7 Å².